The lowest BCUT2D eigenvalue weighted by Crippen LogP contribution is -2.27. The highest BCUT2D eigenvalue weighted by molar-refractivity contribution is 5.36. The summed E-state index contributed by atoms with van der Waals surface area (Å²) in [5.41, 5.74) is 0.574. The quantitative estimate of drug-likeness (QED) is 0.812. The number of rotatable bonds is 7. The molecule has 18 heavy (non-hydrogen) atoms. The van der Waals surface area contributed by atoms with Crippen LogP contribution in [0.4, 0.5) is 4.39 Å². The van der Waals surface area contributed by atoms with Gasteiger partial charge in [0, 0.05) is 31.9 Å². The zero-order valence-corrected chi connectivity index (χ0v) is 11.5. The number of hydrogen-bond acceptors (Lipinski definition) is 3. The number of halogens is 1. The maximum atomic E-state index is 13.8. The van der Waals surface area contributed by atoms with Crippen molar-refractivity contribution in [3.05, 3.63) is 29.6 Å². The van der Waals surface area contributed by atoms with E-state index in [1.165, 1.54) is 6.07 Å². The van der Waals surface area contributed by atoms with Crippen LogP contribution in [0.15, 0.2) is 18.2 Å². The van der Waals surface area contributed by atoms with Crippen molar-refractivity contribution in [2.75, 3.05) is 27.4 Å². The summed E-state index contributed by atoms with van der Waals surface area (Å²) in [6.07, 6.45) is 0. The Labute approximate surface area is 108 Å². The van der Waals surface area contributed by atoms with Crippen LogP contribution < -0.4 is 10.1 Å². The minimum absolute atomic E-state index is 0.0968. The largest absolute Gasteiger partial charge is 0.496 e. The molecule has 3 nitrogen and oxygen atoms in total. The van der Waals surface area contributed by atoms with E-state index in [1.54, 1.807) is 26.4 Å². The van der Waals surface area contributed by atoms with Gasteiger partial charge in [0.2, 0.25) is 0 Å². The first-order chi connectivity index (χ1) is 8.60. The van der Waals surface area contributed by atoms with Crippen molar-refractivity contribution in [2.45, 2.75) is 19.9 Å². The summed E-state index contributed by atoms with van der Waals surface area (Å²) in [4.78, 5) is 0. The molecule has 1 aromatic rings. The summed E-state index contributed by atoms with van der Waals surface area (Å²) >= 11 is 0. The standard InChI is InChI=1S/C14H22FNO2/c1-10(9-17-3)8-16-11(2)14-12(15)6-5-7-13(14)18-4/h5-7,10-11,16H,8-9H2,1-4H3. The molecule has 4 heteroatoms. The normalized spacial score (nSPS) is 14.3. The van der Waals surface area contributed by atoms with E-state index in [4.69, 9.17) is 9.47 Å². The number of benzene rings is 1. The minimum Gasteiger partial charge on any atom is -0.496 e. The summed E-state index contributed by atoms with van der Waals surface area (Å²) in [7, 11) is 3.23. The van der Waals surface area contributed by atoms with Crippen molar-refractivity contribution in [2.24, 2.45) is 5.92 Å². The lowest BCUT2D eigenvalue weighted by atomic mass is 10.1. The van der Waals surface area contributed by atoms with Crippen molar-refractivity contribution in [1.82, 2.24) is 5.32 Å². The molecule has 0 aliphatic heterocycles. The Morgan fingerprint density at radius 1 is 1.28 bits per heavy atom. The maximum absolute atomic E-state index is 13.8. The molecule has 1 aromatic carbocycles. The zero-order valence-electron chi connectivity index (χ0n) is 11.5. The second-order valence-electron chi connectivity index (χ2n) is 4.55. The van der Waals surface area contributed by atoms with Gasteiger partial charge in [-0.15, -0.1) is 0 Å². The summed E-state index contributed by atoms with van der Waals surface area (Å²) in [6, 6.07) is 4.78. The number of methoxy groups -OCH3 is 2. The Morgan fingerprint density at radius 3 is 2.61 bits per heavy atom. The lowest BCUT2D eigenvalue weighted by molar-refractivity contribution is 0.157. The molecule has 0 aliphatic carbocycles. The van der Waals surface area contributed by atoms with Gasteiger partial charge in [0.15, 0.2) is 0 Å². The Hall–Kier alpha value is -1.13. The summed E-state index contributed by atoms with van der Waals surface area (Å²) in [5, 5.41) is 3.30. The van der Waals surface area contributed by atoms with Gasteiger partial charge in [-0.1, -0.05) is 13.0 Å². The van der Waals surface area contributed by atoms with Crippen LogP contribution >= 0.6 is 0 Å². The van der Waals surface area contributed by atoms with Crippen LogP contribution in [-0.4, -0.2) is 27.4 Å². The van der Waals surface area contributed by atoms with Crippen molar-refractivity contribution >= 4 is 0 Å². The van der Waals surface area contributed by atoms with E-state index in [0.717, 1.165) is 6.54 Å². The van der Waals surface area contributed by atoms with Gasteiger partial charge in [-0.05, 0) is 25.0 Å². The number of ether oxygens (including phenoxy) is 2. The highest BCUT2D eigenvalue weighted by Gasteiger charge is 2.16. The molecule has 0 amide bonds. The zero-order chi connectivity index (χ0) is 13.5. The van der Waals surface area contributed by atoms with Gasteiger partial charge in [0.05, 0.1) is 7.11 Å². The summed E-state index contributed by atoms with van der Waals surface area (Å²) < 4.78 is 24.1. The minimum atomic E-state index is -0.242. The van der Waals surface area contributed by atoms with Crippen LogP contribution in [0.5, 0.6) is 5.75 Å². The molecule has 0 heterocycles. The van der Waals surface area contributed by atoms with Gasteiger partial charge in [-0.3, -0.25) is 0 Å². The van der Waals surface area contributed by atoms with Crippen LogP contribution in [0.3, 0.4) is 0 Å². The first kappa shape index (κ1) is 14.9. The summed E-state index contributed by atoms with van der Waals surface area (Å²) in [5.74, 6) is 0.721. The van der Waals surface area contributed by atoms with E-state index in [-0.39, 0.29) is 11.9 Å². The second kappa shape index (κ2) is 7.34. The Morgan fingerprint density at radius 2 is 2.00 bits per heavy atom. The van der Waals surface area contributed by atoms with E-state index >= 15 is 0 Å². The van der Waals surface area contributed by atoms with Crippen molar-refractivity contribution in [3.8, 4) is 5.75 Å². The fraction of sp³-hybridized carbons (Fsp3) is 0.571. The van der Waals surface area contributed by atoms with Gasteiger partial charge in [-0.25, -0.2) is 4.39 Å². The molecule has 102 valence electrons. The molecule has 1 rings (SSSR count). The molecule has 0 radical (unpaired) electrons. The van der Waals surface area contributed by atoms with Crippen molar-refractivity contribution in [1.29, 1.82) is 0 Å². The van der Waals surface area contributed by atoms with Gasteiger partial charge in [0.25, 0.3) is 0 Å². The maximum Gasteiger partial charge on any atom is 0.131 e. The predicted octanol–water partition coefficient (Wildman–Crippen LogP) is 2.77. The van der Waals surface area contributed by atoms with E-state index in [1.807, 2.05) is 6.92 Å². The number of nitrogens with one attached hydrogen (secondary N) is 1. The monoisotopic (exact) mass is 255 g/mol. The van der Waals surface area contributed by atoms with Gasteiger partial charge in [0.1, 0.15) is 11.6 Å². The predicted molar refractivity (Wildman–Crippen MR) is 70.4 cm³/mol. The highest BCUT2D eigenvalue weighted by atomic mass is 19.1. The molecule has 0 fully saturated rings. The van der Waals surface area contributed by atoms with E-state index < -0.39 is 0 Å². The molecular formula is C14H22FNO2. The SMILES string of the molecule is COCC(C)CNC(C)c1c(F)cccc1OC. The van der Waals surface area contributed by atoms with Gasteiger partial charge in [-0.2, -0.15) is 0 Å². The molecule has 0 saturated heterocycles. The molecule has 2 atom stereocenters. The first-order valence-corrected chi connectivity index (χ1v) is 6.14. The van der Waals surface area contributed by atoms with Crippen LogP contribution in [0.1, 0.15) is 25.5 Å². The van der Waals surface area contributed by atoms with Crippen LogP contribution in [0, 0.1) is 11.7 Å². The van der Waals surface area contributed by atoms with Crippen LogP contribution in [-0.2, 0) is 4.74 Å². The van der Waals surface area contributed by atoms with E-state index in [9.17, 15) is 4.39 Å². The van der Waals surface area contributed by atoms with Crippen LogP contribution in [0.25, 0.3) is 0 Å². The molecule has 0 aromatic heterocycles. The Kier molecular flexibility index (Phi) is 6.09. The van der Waals surface area contributed by atoms with Crippen LogP contribution in [0.2, 0.25) is 0 Å². The molecule has 2 unspecified atom stereocenters. The van der Waals surface area contributed by atoms with Crippen molar-refractivity contribution < 1.29 is 13.9 Å². The molecule has 0 saturated carbocycles. The van der Waals surface area contributed by atoms with E-state index in [0.29, 0.717) is 23.8 Å². The third-order valence-corrected chi connectivity index (χ3v) is 2.89. The lowest BCUT2D eigenvalue weighted by Gasteiger charge is -2.20. The molecule has 0 aliphatic rings. The average Bonchev–Trinajstić information content (AvgIpc) is 2.36. The van der Waals surface area contributed by atoms with Crippen molar-refractivity contribution in [3.63, 3.8) is 0 Å². The molecule has 1 N–H and O–H groups in total. The fourth-order valence-electron chi connectivity index (χ4n) is 1.94. The summed E-state index contributed by atoms with van der Waals surface area (Å²) in [6.45, 7) is 5.48. The Bertz CT molecular complexity index is 371. The number of hydrogen-bond donors (Lipinski definition) is 1. The first-order valence-electron chi connectivity index (χ1n) is 6.14. The average molecular weight is 255 g/mol. The molecular weight excluding hydrogens is 233 g/mol. The highest BCUT2D eigenvalue weighted by Crippen LogP contribution is 2.27. The third-order valence-electron chi connectivity index (χ3n) is 2.89. The Balaban J connectivity index is 2.69. The molecule has 0 bridgehead atoms. The van der Waals surface area contributed by atoms with Gasteiger partial charge < -0.3 is 14.8 Å². The fourth-order valence-corrected chi connectivity index (χ4v) is 1.94. The smallest absolute Gasteiger partial charge is 0.131 e. The molecule has 0 spiro atoms. The van der Waals surface area contributed by atoms with Gasteiger partial charge >= 0.3 is 0 Å². The topological polar surface area (TPSA) is 30.5 Å². The third kappa shape index (κ3) is 3.96. The van der Waals surface area contributed by atoms with E-state index in [2.05, 4.69) is 12.2 Å². The second-order valence-corrected chi connectivity index (χ2v) is 4.55.